The summed E-state index contributed by atoms with van der Waals surface area (Å²) in [6.45, 7) is 0. The molecule has 18 heavy (non-hydrogen) atoms. The quantitative estimate of drug-likeness (QED) is 0.642. The van der Waals surface area contributed by atoms with E-state index in [0.29, 0.717) is 11.1 Å². The summed E-state index contributed by atoms with van der Waals surface area (Å²) < 4.78 is 1.62. The van der Waals surface area contributed by atoms with Crippen LogP contribution in [0.15, 0.2) is 48.9 Å². The molecule has 0 spiro atoms. The fraction of sp³-hybridized carbons (Fsp3) is 0.0714. The van der Waals surface area contributed by atoms with Crippen molar-refractivity contribution in [2.75, 3.05) is 0 Å². The molecule has 0 amide bonds. The van der Waals surface area contributed by atoms with E-state index in [0.717, 1.165) is 10.9 Å². The monoisotopic (exact) mass is 237 g/mol. The second kappa shape index (κ2) is 4.07. The summed E-state index contributed by atoms with van der Waals surface area (Å²) in [6, 6.07) is 9.39. The summed E-state index contributed by atoms with van der Waals surface area (Å²) in [5.41, 5.74) is 2.05. The maximum atomic E-state index is 12.2. The molecule has 4 nitrogen and oxygen atoms in total. The number of nitrogens with zero attached hydrogens (tertiary/aromatic N) is 3. The number of rotatable bonds is 2. The maximum Gasteiger partial charge on any atom is 0.196 e. The van der Waals surface area contributed by atoms with Crippen molar-refractivity contribution in [2.45, 2.75) is 0 Å². The van der Waals surface area contributed by atoms with Crippen molar-refractivity contribution in [1.82, 2.24) is 14.8 Å². The molecule has 0 aliphatic rings. The predicted octanol–water partition coefficient (Wildman–Crippen LogP) is 2.20. The van der Waals surface area contributed by atoms with Crippen LogP contribution < -0.4 is 0 Å². The van der Waals surface area contributed by atoms with Crippen LogP contribution in [0.3, 0.4) is 0 Å². The Bertz CT molecular complexity index is 730. The lowest BCUT2D eigenvalue weighted by Crippen LogP contribution is -2.00. The van der Waals surface area contributed by atoms with Gasteiger partial charge in [0.1, 0.15) is 0 Å². The molecule has 0 aliphatic heterocycles. The first-order valence-corrected chi connectivity index (χ1v) is 5.62. The molecule has 3 rings (SSSR count). The van der Waals surface area contributed by atoms with E-state index in [1.54, 1.807) is 30.3 Å². The van der Waals surface area contributed by atoms with Gasteiger partial charge < -0.3 is 0 Å². The zero-order valence-corrected chi connectivity index (χ0v) is 9.87. The second-order valence-electron chi connectivity index (χ2n) is 4.14. The van der Waals surface area contributed by atoms with Gasteiger partial charge in [-0.3, -0.25) is 14.5 Å². The third-order valence-electron chi connectivity index (χ3n) is 2.84. The highest BCUT2D eigenvalue weighted by molar-refractivity contribution is 6.10. The van der Waals surface area contributed by atoms with Gasteiger partial charge in [-0.2, -0.15) is 5.10 Å². The second-order valence-corrected chi connectivity index (χ2v) is 4.14. The minimum Gasteiger partial charge on any atom is -0.288 e. The smallest absolute Gasteiger partial charge is 0.196 e. The normalized spacial score (nSPS) is 10.7. The molecule has 0 N–H and O–H groups in total. The zero-order valence-electron chi connectivity index (χ0n) is 9.87. The number of pyridine rings is 1. The lowest BCUT2D eigenvalue weighted by atomic mass is 10.0. The van der Waals surface area contributed by atoms with Crippen LogP contribution in [-0.4, -0.2) is 20.5 Å². The number of carbonyl (C=O) groups excluding carboxylic acids is 1. The Morgan fingerprint density at radius 1 is 1.22 bits per heavy atom. The van der Waals surface area contributed by atoms with E-state index in [1.807, 2.05) is 30.3 Å². The number of hydrogen-bond donors (Lipinski definition) is 0. The Hall–Kier alpha value is -2.49. The van der Waals surface area contributed by atoms with Gasteiger partial charge in [-0.15, -0.1) is 0 Å². The number of aryl methyl sites for hydroxylation is 1. The van der Waals surface area contributed by atoms with Gasteiger partial charge in [-0.1, -0.05) is 18.2 Å². The van der Waals surface area contributed by atoms with Crippen LogP contribution in [0.5, 0.6) is 0 Å². The number of carbonyl (C=O) groups is 1. The summed E-state index contributed by atoms with van der Waals surface area (Å²) in [5.74, 6) is -0.0318. The van der Waals surface area contributed by atoms with E-state index < -0.39 is 0 Å². The van der Waals surface area contributed by atoms with Crippen LogP contribution >= 0.6 is 0 Å². The summed E-state index contributed by atoms with van der Waals surface area (Å²) in [6.07, 6.45) is 5.01. The first-order valence-electron chi connectivity index (χ1n) is 5.62. The Balaban J connectivity index is 2.06. The number of aromatic nitrogens is 3. The topological polar surface area (TPSA) is 47.8 Å². The van der Waals surface area contributed by atoms with Crippen molar-refractivity contribution in [3.63, 3.8) is 0 Å². The molecule has 0 aliphatic carbocycles. The molecule has 0 fully saturated rings. The molecule has 88 valence electrons. The van der Waals surface area contributed by atoms with E-state index in [9.17, 15) is 4.79 Å². The van der Waals surface area contributed by atoms with Crippen molar-refractivity contribution >= 4 is 16.7 Å². The van der Waals surface area contributed by atoms with E-state index >= 15 is 0 Å². The van der Waals surface area contributed by atoms with Crippen molar-refractivity contribution in [2.24, 2.45) is 7.05 Å². The Kier molecular flexibility index (Phi) is 2.41. The third-order valence-corrected chi connectivity index (χ3v) is 2.84. The molecule has 0 unspecified atom stereocenters. The van der Waals surface area contributed by atoms with Crippen LogP contribution in [0.2, 0.25) is 0 Å². The SMILES string of the molecule is Cn1cc(C(=O)c2ccc3cccnc3c2)cn1. The average Bonchev–Trinajstić information content (AvgIpc) is 2.84. The standard InChI is InChI=1S/C14H11N3O/c1-17-9-12(8-16-17)14(18)11-5-4-10-3-2-6-15-13(10)7-11/h2-9H,1H3. The number of hydrogen-bond acceptors (Lipinski definition) is 3. The molecule has 1 aromatic carbocycles. The lowest BCUT2D eigenvalue weighted by molar-refractivity contribution is 0.103. The van der Waals surface area contributed by atoms with Gasteiger partial charge >= 0.3 is 0 Å². The molecule has 2 heterocycles. The van der Waals surface area contributed by atoms with Crippen LogP contribution in [-0.2, 0) is 7.05 Å². The van der Waals surface area contributed by atoms with Crippen LogP contribution in [0.4, 0.5) is 0 Å². The number of benzene rings is 1. The predicted molar refractivity (Wildman–Crippen MR) is 68.4 cm³/mol. The fourth-order valence-corrected chi connectivity index (χ4v) is 1.91. The van der Waals surface area contributed by atoms with Gasteiger partial charge in [0.05, 0.1) is 17.3 Å². The van der Waals surface area contributed by atoms with E-state index in [4.69, 9.17) is 0 Å². The fourth-order valence-electron chi connectivity index (χ4n) is 1.91. The Morgan fingerprint density at radius 2 is 2.11 bits per heavy atom. The molecule has 0 bridgehead atoms. The number of ketones is 1. The summed E-state index contributed by atoms with van der Waals surface area (Å²) in [7, 11) is 1.79. The molecule has 2 aromatic heterocycles. The molecule has 0 saturated heterocycles. The first-order chi connectivity index (χ1) is 8.74. The maximum absolute atomic E-state index is 12.2. The Morgan fingerprint density at radius 3 is 2.89 bits per heavy atom. The minimum atomic E-state index is -0.0318. The van der Waals surface area contributed by atoms with Gasteiger partial charge in [-0.05, 0) is 12.1 Å². The van der Waals surface area contributed by atoms with Crippen molar-refractivity contribution in [3.8, 4) is 0 Å². The third kappa shape index (κ3) is 1.78. The molecular weight excluding hydrogens is 226 g/mol. The van der Waals surface area contributed by atoms with Crippen LogP contribution in [0.25, 0.3) is 10.9 Å². The minimum absolute atomic E-state index is 0.0318. The summed E-state index contributed by atoms with van der Waals surface area (Å²) >= 11 is 0. The van der Waals surface area contributed by atoms with Crippen molar-refractivity contribution < 1.29 is 4.79 Å². The lowest BCUT2D eigenvalue weighted by Gasteiger charge is -2.00. The van der Waals surface area contributed by atoms with Crippen molar-refractivity contribution in [1.29, 1.82) is 0 Å². The van der Waals surface area contributed by atoms with Gasteiger partial charge in [0, 0.05) is 30.4 Å². The van der Waals surface area contributed by atoms with Gasteiger partial charge in [0.25, 0.3) is 0 Å². The van der Waals surface area contributed by atoms with E-state index in [1.165, 1.54) is 0 Å². The molecule has 3 aromatic rings. The van der Waals surface area contributed by atoms with Crippen molar-refractivity contribution in [3.05, 3.63) is 60.0 Å². The molecule has 4 heteroatoms. The van der Waals surface area contributed by atoms with Gasteiger partial charge in [-0.25, -0.2) is 0 Å². The molecule has 0 saturated carbocycles. The summed E-state index contributed by atoms with van der Waals surface area (Å²) in [5, 5.41) is 5.03. The molecular formula is C14H11N3O. The Labute approximate surface area is 104 Å². The zero-order chi connectivity index (χ0) is 12.5. The molecule has 0 radical (unpaired) electrons. The van der Waals surface area contributed by atoms with E-state index in [2.05, 4.69) is 10.1 Å². The highest BCUT2D eigenvalue weighted by Crippen LogP contribution is 2.16. The highest BCUT2D eigenvalue weighted by Gasteiger charge is 2.11. The van der Waals surface area contributed by atoms with Gasteiger partial charge in [0.2, 0.25) is 0 Å². The largest absolute Gasteiger partial charge is 0.288 e. The van der Waals surface area contributed by atoms with Crippen LogP contribution in [0.1, 0.15) is 15.9 Å². The number of fused-ring (bicyclic) bond motifs is 1. The molecule has 0 atom stereocenters. The van der Waals surface area contributed by atoms with Gasteiger partial charge in [0.15, 0.2) is 5.78 Å². The average molecular weight is 237 g/mol. The first kappa shape index (κ1) is 10.7. The summed E-state index contributed by atoms with van der Waals surface area (Å²) in [4.78, 5) is 16.5. The van der Waals surface area contributed by atoms with E-state index in [-0.39, 0.29) is 5.78 Å². The highest BCUT2D eigenvalue weighted by atomic mass is 16.1. The van der Waals surface area contributed by atoms with Crippen LogP contribution in [0, 0.1) is 0 Å².